The maximum absolute atomic E-state index is 5.50. The van der Waals surface area contributed by atoms with Crippen LogP contribution in [0, 0.1) is 0 Å². The van der Waals surface area contributed by atoms with Crippen molar-refractivity contribution in [3.05, 3.63) is 35.9 Å². The molecule has 1 N–H and O–H groups in total. The van der Waals surface area contributed by atoms with E-state index < -0.39 is 0 Å². The highest BCUT2D eigenvalue weighted by molar-refractivity contribution is 14.0. The zero-order chi connectivity index (χ0) is 18.4. The molecule has 2 saturated heterocycles. The molecule has 0 spiro atoms. The number of halogens is 1. The summed E-state index contributed by atoms with van der Waals surface area (Å²) >= 11 is 0. The van der Waals surface area contributed by atoms with Crippen molar-refractivity contribution in [2.75, 3.05) is 52.5 Å². The molecular weight excluding hydrogens is 451 g/mol. The molecular formula is C21H35IN4O. The molecule has 0 bridgehead atoms. The Morgan fingerprint density at radius 2 is 1.89 bits per heavy atom. The zero-order valence-corrected chi connectivity index (χ0v) is 19.3. The fraction of sp³-hybridized carbons (Fsp3) is 0.667. The first kappa shape index (κ1) is 22.4. The summed E-state index contributed by atoms with van der Waals surface area (Å²) in [5.74, 6) is 1.06. The Morgan fingerprint density at radius 1 is 1.19 bits per heavy atom. The van der Waals surface area contributed by atoms with Gasteiger partial charge in [-0.05, 0) is 18.9 Å². The molecule has 0 aromatic heterocycles. The van der Waals surface area contributed by atoms with Crippen molar-refractivity contribution in [1.82, 2.24) is 15.1 Å². The molecule has 2 aliphatic heterocycles. The van der Waals surface area contributed by atoms with Crippen molar-refractivity contribution in [2.24, 2.45) is 4.99 Å². The van der Waals surface area contributed by atoms with E-state index in [0.717, 1.165) is 58.4 Å². The van der Waals surface area contributed by atoms with E-state index >= 15 is 0 Å². The van der Waals surface area contributed by atoms with E-state index in [4.69, 9.17) is 9.73 Å². The highest BCUT2D eigenvalue weighted by Gasteiger charge is 2.30. The summed E-state index contributed by atoms with van der Waals surface area (Å²) in [7, 11) is 0. The van der Waals surface area contributed by atoms with Gasteiger partial charge in [0.1, 0.15) is 0 Å². The number of rotatable bonds is 5. The van der Waals surface area contributed by atoms with Crippen LogP contribution in [-0.2, 0) is 10.2 Å². The van der Waals surface area contributed by atoms with Gasteiger partial charge >= 0.3 is 0 Å². The van der Waals surface area contributed by atoms with E-state index in [1.165, 1.54) is 12.0 Å². The monoisotopic (exact) mass is 486 g/mol. The first-order valence-electron chi connectivity index (χ1n) is 10.0. The molecule has 2 aliphatic rings. The van der Waals surface area contributed by atoms with E-state index in [-0.39, 0.29) is 29.4 Å². The van der Waals surface area contributed by atoms with Crippen molar-refractivity contribution in [3.8, 4) is 0 Å². The van der Waals surface area contributed by atoms with Crippen LogP contribution in [0.1, 0.15) is 32.8 Å². The minimum Gasteiger partial charge on any atom is -0.379 e. The highest BCUT2D eigenvalue weighted by atomic mass is 127. The number of nitrogens with one attached hydrogen (secondary N) is 1. The molecule has 1 aromatic rings. The van der Waals surface area contributed by atoms with Crippen LogP contribution in [0.15, 0.2) is 35.3 Å². The Morgan fingerprint density at radius 3 is 2.56 bits per heavy atom. The fourth-order valence-corrected chi connectivity index (χ4v) is 3.85. The van der Waals surface area contributed by atoms with E-state index in [1.54, 1.807) is 0 Å². The molecule has 2 heterocycles. The van der Waals surface area contributed by atoms with Gasteiger partial charge in [-0.1, -0.05) is 44.2 Å². The van der Waals surface area contributed by atoms with Gasteiger partial charge in [-0.3, -0.25) is 9.89 Å². The lowest BCUT2D eigenvalue weighted by atomic mass is 9.85. The second-order valence-corrected chi connectivity index (χ2v) is 7.96. The molecule has 1 unspecified atom stereocenters. The summed E-state index contributed by atoms with van der Waals surface area (Å²) in [5, 5.41) is 3.50. The first-order chi connectivity index (χ1) is 12.6. The third-order valence-electron chi connectivity index (χ3n) is 5.54. The van der Waals surface area contributed by atoms with Crippen LogP contribution < -0.4 is 5.32 Å². The normalized spacial score (nSPS) is 21.8. The molecule has 27 heavy (non-hydrogen) atoms. The molecule has 5 nitrogen and oxygen atoms in total. The number of benzene rings is 1. The average molecular weight is 486 g/mol. The van der Waals surface area contributed by atoms with Gasteiger partial charge in [0.15, 0.2) is 5.96 Å². The average Bonchev–Trinajstić information content (AvgIpc) is 3.16. The van der Waals surface area contributed by atoms with Crippen LogP contribution in [0.2, 0.25) is 0 Å². The number of guanidine groups is 1. The second-order valence-electron chi connectivity index (χ2n) is 7.96. The molecule has 2 fully saturated rings. The van der Waals surface area contributed by atoms with Gasteiger partial charge in [0, 0.05) is 44.2 Å². The standard InChI is InChI=1S/C21H34N4O.HI/c1-4-22-20(23-17-21(2,3)18-8-6-5-7-9-18)25-11-10-19(16-25)24-12-14-26-15-13-24;/h5-9,19H,4,10-17H2,1-3H3,(H,22,23);1H. The minimum atomic E-state index is 0. The highest BCUT2D eigenvalue weighted by Crippen LogP contribution is 2.24. The number of likely N-dealkylation sites (tertiary alicyclic amines) is 1. The van der Waals surface area contributed by atoms with Crippen molar-refractivity contribution >= 4 is 29.9 Å². The number of hydrogen-bond acceptors (Lipinski definition) is 3. The number of hydrogen-bond donors (Lipinski definition) is 1. The molecule has 1 aromatic carbocycles. The van der Waals surface area contributed by atoms with Gasteiger partial charge in [0.05, 0.1) is 19.8 Å². The number of morpholine rings is 1. The lowest BCUT2D eigenvalue weighted by molar-refractivity contribution is 0.0195. The second kappa shape index (κ2) is 10.6. The Balaban J connectivity index is 0.00000261. The number of ether oxygens (including phenoxy) is 1. The van der Waals surface area contributed by atoms with E-state index in [2.05, 4.69) is 66.2 Å². The SMILES string of the molecule is CCNC(=NCC(C)(C)c1ccccc1)N1CCC(N2CCOCC2)C1.I. The molecule has 1 atom stereocenters. The molecule has 3 rings (SSSR count). The zero-order valence-electron chi connectivity index (χ0n) is 17.0. The minimum absolute atomic E-state index is 0. The van der Waals surface area contributed by atoms with Crippen molar-refractivity contribution in [1.29, 1.82) is 0 Å². The van der Waals surface area contributed by atoms with Crippen LogP contribution in [0.25, 0.3) is 0 Å². The summed E-state index contributed by atoms with van der Waals surface area (Å²) in [6, 6.07) is 11.3. The molecule has 0 radical (unpaired) electrons. The number of nitrogens with zero attached hydrogens (tertiary/aromatic N) is 3. The van der Waals surface area contributed by atoms with Crippen LogP contribution in [-0.4, -0.2) is 74.3 Å². The lowest BCUT2D eigenvalue weighted by Crippen LogP contribution is -2.47. The van der Waals surface area contributed by atoms with E-state index in [0.29, 0.717) is 6.04 Å². The molecule has 152 valence electrons. The predicted molar refractivity (Wildman–Crippen MR) is 123 cm³/mol. The first-order valence-corrected chi connectivity index (χ1v) is 10.0. The Bertz CT molecular complexity index is 587. The van der Waals surface area contributed by atoms with Gasteiger partial charge in [0.25, 0.3) is 0 Å². The van der Waals surface area contributed by atoms with Gasteiger partial charge in [-0.2, -0.15) is 0 Å². The van der Waals surface area contributed by atoms with Gasteiger partial charge in [0.2, 0.25) is 0 Å². The van der Waals surface area contributed by atoms with E-state index in [9.17, 15) is 0 Å². The Labute approximate surface area is 181 Å². The van der Waals surface area contributed by atoms with Crippen LogP contribution in [0.4, 0.5) is 0 Å². The molecule has 0 saturated carbocycles. The Hall–Kier alpha value is -0.860. The summed E-state index contributed by atoms with van der Waals surface area (Å²) in [5.41, 5.74) is 1.37. The number of aliphatic imine (C=N–C) groups is 1. The maximum atomic E-state index is 5.50. The predicted octanol–water partition coefficient (Wildman–Crippen LogP) is 2.95. The third kappa shape index (κ3) is 6.06. The largest absolute Gasteiger partial charge is 0.379 e. The topological polar surface area (TPSA) is 40.1 Å². The van der Waals surface area contributed by atoms with Gasteiger partial charge in [-0.15, -0.1) is 24.0 Å². The maximum Gasteiger partial charge on any atom is 0.193 e. The molecule has 6 heteroatoms. The molecule has 0 amide bonds. The summed E-state index contributed by atoms with van der Waals surface area (Å²) in [6.45, 7) is 14.4. The fourth-order valence-electron chi connectivity index (χ4n) is 3.85. The van der Waals surface area contributed by atoms with Crippen LogP contribution >= 0.6 is 24.0 Å². The van der Waals surface area contributed by atoms with Gasteiger partial charge in [-0.25, -0.2) is 0 Å². The third-order valence-corrected chi connectivity index (χ3v) is 5.54. The Kier molecular flexibility index (Phi) is 8.82. The summed E-state index contributed by atoms with van der Waals surface area (Å²) < 4.78 is 5.50. The van der Waals surface area contributed by atoms with Crippen LogP contribution in [0.5, 0.6) is 0 Å². The van der Waals surface area contributed by atoms with Crippen LogP contribution in [0.3, 0.4) is 0 Å². The lowest BCUT2D eigenvalue weighted by Gasteiger charge is -2.32. The molecule has 0 aliphatic carbocycles. The van der Waals surface area contributed by atoms with E-state index in [1.807, 2.05) is 0 Å². The smallest absolute Gasteiger partial charge is 0.193 e. The van der Waals surface area contributed by atoms with Gasteiger partial charge < -0.3 is 15.0 Å². The quantitative estimate of drug-likeness (QED) is 0.395. The van der Waals surface area contributed by atoms with Crippen molar-refractivity contribution in [2.45, 2.75) is 38.6 Å². The van der Waals surface area contributed by atoms with Crippen molar-refractivity contribution < 1.29 is 4.74 Å². The summed E-state index contributed by atoms with van der Waals surface area (Å²) in [6.07, 6.45) is 1.21. The van der Waals surface area contributed by atoms with Crippen molar-refractivity contribution in [3.63, 3.8) is 0 Å². The summed E-state index contributed by atoms with van der Waals surface area (Å²) in [4.78, 5) is 10.0.